The molecular formula is C20H28N4OS. The van der Waals surface area contributed by atoms with Gasteiger partial charge in [-0.3, -0.25) is 4.90 Å². The maximum Gasteiger partial charge on any atom is 0.121 e. The minimum Gasteiger partial charge on any atom is -0.331 e. The first-order valence-corrected chi connectivity index (χ1v) is 10.8. The maximum absolute atomic E-state index is 11.6. The highest BCUT2D eigenvalue weighted by molar-refractivity contribution is 7.81. The van der Waals surface area contributed by atoms with Crippen molar-refractivity contribution in [3.05, 3.63) is 35.0 Å². The van der Waals surface area contributed by atoms with Crippen LogP contribution in [0, 0.1) is 18.3 Å². The molecule has 0 amide bonds. The number of fused-ring (bicyclic) bond motifs is 1. The van der Waals surface area contributed by atoms with Gasteiger partial charge in [-0.1, -0.05) is 13.0 Å². The molecule has 1 fully saturated rings. The second kappa shape index (κ2) is 7.91. The van der Waals surface area contributed by atoms with Gasteiger partial charge < -0.3 is 4.57 Å². The molecule has 3 rings (SSSR count). The Labute approximate surface area is 158 Å². The predicted molar refractivity (Wildman–Crippen MR) is 107 cm³/mol. The second-order valence-electron chi connectivity index (χ2n) is 7.13. The van der Waals surface area contributed by atoms with E-state index in [2.05, 4.69) is 48.4 Å². The van der Waals surface area contributed by atoms with E-state index in [-0.39, 0.29) is 0 Å². The van der Waals surface area contributed by atoms with E-state index in [1.54, 1.807) is 6.26 Å². The SMILES string of the molecule is CCc1ccc2c(cc(C#N)n2CC(C)N2CCN(S(C)=O)CC2)c1C. The van der Waals surface area contributed by atoms with Crippen LogP contribution in [0.4, 0.5) is 0 Å². The fourth-order valence-corrected chi connectivity index (χ4v) is 4.65. The molecule has 1 aromatic heterocycles. The Morgan fingerprint density at radius 1 is 1.27 bits per heavy atom. The summed E-state index contributed by atoms with van der Waals surface area (Å²) in [6, 6.07) is 9.09. The molecule has 5 nitrogen and oxygen atoms in total. The van der Waals surface area contributed by atoms with Crippen LogP contribution in [0.3, 0.4) is 0 Å². The van der Waals surface area contributed by atoms with Crippen molar-refractivity contribution in [3.63, 3.8) is 0 Å². The standard InChI is InChI=1S/C20H28N4OS/c1-5-17-6-7-20-19(16(17)3)12-18(13-21)24(20)14-15(2)22-8-10-23(11-9-22)26(4)25/h6-7,12,15H,5,8-11,14H2,1-4H3. The Balaban J connectivity index is 1.83. The zero-order valence-electron chi connectivity index (χ0n) is 16.2. The largest absolute Gasteiger partial charge is 0.331 e. The highest BCUT2D eigenvalue weighted by Crippen LogP contribution is 2.27. The number of rotatable bonds is 5. The lowest BCUT2D eigenvalue weighted by Gasteiger charge is -2.37. The van der Waals surface area contributed by atoms with Crippen molar-refractivity contribution in [1.82, 2.24) is 13.8 Å². The van der Waals surface area contributed by atoms with E-state index >= 15 is 0 Å². The number of aryl methyl sites for hydroxylation is 2. The van der Waals surface area contributed by atoms with Crippen LogP contribution in [0.25, 0.3) is 10.9 Å². The summed E-state index contributed by atoms with van der Waals surface area (Å²) in [5.41, 5.74) is 4.51. The molecule has 1 aromatic carbocycles. The van der Waals surface area contributed by atoms with Gasteiger partial charge in [0.25, 0.3) is 0 Å². The predicted octanol–water partition coefficient (Wildman–Crippen LogP) is 2.68. The van der Waals surface area contributed by atoms with E-state index in [0.717, 1.165) is 50.4 Å². The number of piperazine rings is 1. The van der Waals surface area contributed by atoms with Crippen LogP contribution < -0.4 is 0 Å². The zero-order chi connectivity index (χ0) is 18.8. The van der Waals surface area contributed by atoms with E-state index < -0.39 is 11.0 Å². The van der Waals surface area contributed by atoms with Crippen LogP contribution in [0.2, 0.25) is 0 Å². The van der Waals surface area contributed by atoms with Gasteiger partial charge in [-0.25, -0.2) is 8.51 Å². The van der Waals surface area contributed by atoms with Gasteiger partial charge >= 0.3 is 0 Å². The van der Waals surface area contributed by atoms with Gasteiger partial charge in [-0.05, 0) is 43.5 Å². The van der Waals surface area contributed by atoms with Gasteiger partial charge in [0.2, 0.25) is 0 Å². The lowest BCUT2D eigenvalue weighted by molar-refractivity contribution is 0.138. The van der Waals surface area contributed by atoms with E-state index in [4.69, 9.17) is 0 Å². The first kappa shape index (κ1) is 19.1. The number of nitrogens with zero attached hydrogens (tertiary/aromatic N) is 4. The third kappa shape index (κ3) is 3.57. The molecule has 1 aliphatic heterocycles. The first-order chi connectivity index (χ1) is 12.5. The zero-order valence-corrected chi connectivity index (χ0v) is 17.0. The normalized spacial score (nSPS) is 18.7. The van der Waals surface area contributed by atoms with Crippen LogP contribution >= 0.6 is 0 Å². The topological polar surface area (TPSA) is 52.3 Å². The highest BCUT2D eigenvalue weighted by Gasteiger charge is 2.24. The molecular weight excluding hydrogens is 344 g/mol. The molecule has 2 atom stereocenters. The third-order valence-corrected chi connectivity index (χ3v) is 6.76. The number of benzene rings is 1. The van der Waals surface area contributed by atoms with Crippen LogP contribution in [0.5, 0.6) is 0 Å². The fraction of sp³-hybridized carbons (Fsp3) is 0.550. The molecule has 6 heteroatoms. The van der Waals surface area contributed by atoms with Crippen LogP contribution in [-0.4, -0.2) is 56.5 Å². The van der Waals surface area contributed by atoms with E-state index in [0.29, 0.717) is 6.04 Å². The monoisotopic (exact) mass is 372 g/mol. The molecule has 140 valence electrons. The van der Waals surface area contributed by atoms with E-state index in [1.807, 2.05) is 10.4 Å². The van der Waals surface area contributed by atoms with Crippen molar-refractivity contribution in [2.45, 2.75) is 39.8 Å². The molecule has 26 heavy (non-hydrogen) atoms. The molecule has 0 aliphatic carbocycles. The minimum absolute atomic E-state index is 0.330. The average molecular weight is 373 g/mol. The molecule has 1 aliphatic rings. The summed E-state index contributed by atoms with van der Waals surface area (Å²) in [6.45, 7) is 10.8. The number of hydrogen-bond acceptors (Lipinski definition) is 3. The van der Waals surface area contributed by atoms with E-state index in [1.165, 1.54) is 16.5 Å². The molecule has 0 N–H and O–H groups in total. The summed E-state index contributed by atoms with van der Waals surface area (Å²) in [5, 5.41) is 10.8. The van der Waals surface area contributed by atoms with Crippen molar-refractivity contribution in [2.75, 3.05) is 32.4 Å². The van der Waals surface area contributed by atoms with Gasteiger partial charge in [0, 0.05) is 55.9 Å². The second-order valence-corrected chi connectivity index (χ2v) is 8.49. The van der Waals surface area contributed by atoms with Gasteiger partial charge in [0.1, 0.15) is 11.8 Å². The molecule has 0 radical (unpaired) electrons. The van der Waals surface area contributed by atoms with Gasteiger partial charge in [0.15, 0.2) is 0 Å². The van der Waals surface area contributed by atoms with Crippen molar-refractivity contribution >= 4 is 21.9 Å². The van der Waals surface area contributed by atoms with Crippen LogP contribution in [-0.2, 0) is 24.0 Å². The summed E-state index contributed by atoms with van der Waals surface area (Å²) in [5.74, 6) is 0. The minimum atomic E-state index is -0.883. The van der Waals surface area contributed by atoms with Gasteiger partial charge in [-0.15, -0.1) is 0 Å². The Morgan fingerprint density at radius 3 is 2.54 bits per heavy atom. The van der Waals surface area contributed by atoms with Crippen LogP contribution in [0.1, 0.15) is 30.7 Å². The molecule has 1 saturated heterocycles. The Bertz CT molecular complexity index is 859. The Hall–Kier alpha value is -1.68. The number of aromatic nitrogens is 1. The lowest BCUT2D eigenvalue weighted by Crippen LogP contribution is -2.50. The van der Waals surface area contributed by atoms with E-state index in [9.17, 15) is 9.47 Å². The lowest BCUT2D eigenvalue weighted by atomic mass is 10.0. The summed E-state index contributed by atoms with van der Waals surface area (Å²) in [7, 11) is -0.883. The fourth-order valence-electron chi connectivity index (χ4n) is 3.97. The van der Waals surface area contributed by atoms with Gasteiger partial charge in [0.05, 0.1) is 11.0 Å². The van der Waals surface area contributed by atoms with Crippen LogP contribution in [0.15, 0.2) is 18.2 Å². The molecule has 0 saturated carbocycles. The number of hydrogen-bond donors (Lipinski definition) is 0. The highest BCUT2D eigenvalue weighted by atomic mass is 32.2. The molecule has 2 heterocycles. The first-order valence-electron chi connectivity index (χ1n) is 9.30. The van der Waals surface area contributed by atoms with Crippen molar-refractivity contribution in [1.29, 1.82) is 5.26 Å². The Morgan fingerprint density at radius 2 is 1.96 bits per heavy atom. The maximum atomic E-state index is 11.6. The third-order valence-electron chi connectivity index (χ3n) is 5.67. The van der Waals surface area contributed by atoms with Crippen molar-refractivity contribution < 1.29 is 4.21 Å². The molecule has 0 bridgehead atoms. The van der Waals surface area contributed by atoms with Crippen molar-refractivity contribution in [2.24, 2.45) is 0 Å². The average Bonchev–Trinajstić information content (AvgIpc) is 3.00. The summed E-state index contributed by atoms with van der Waals surface area (Å²) < 4.78 is 15.8. The van der Waals surface area contributed by atoms with Gasteiger partial charge in [-0.2, -0.15) is 5.26 Å². The summed E-state index contributed by atoms with van der Waals surface area (Å²) in [6.07, 6.45) is 2.76. The Kier molecular flexibility index (Phi) is 5.81. The summed E-state index contributed by atoms with van der Waals surface area (Å²) >= 11 is 0. The molecule has 0 spiro atoms. The number of nitriles is 1. The smallest absolute Gasteiger partial charge is 0.121 e. The summed E-state index contributed by atoms with van der Waals surface area (Å²) in [4.78, 5) is 2.43. The molecule has 2 aromatic rings. The van der Waals surface area contributed by atoms with Crippen molar-refractivity contribution in [3.8, 4) is 6.07 Å². The quantitative estimate of drug-likeness (QED) is 0.811. The molecule has 2 unspecified atom stereocenters.